The summed E-state index contributed by atoms with van der Waals surface area (Å²) in [7, 11) is -2.79. The van der Waals surface area contributed by atoms with E-state index in [1.165, 1.54) is 79.6 Å². The van der Waals surface area contributed by atoms with Gasteiger partial charge in [-0.3, -0.25) is 0 Å². The van der Waals surface area contributed by atoms with Gasteiger partial charge in [0.15, 0.2) is 8.07 Å². The van der Waals surface area contributed by atoms with E-state index in [-0.39, 0.29) is 0 Å². The van der Waals surface area contributed by atoms with Gasteiger partial charge in [-0.05, 0) is 102 Å². The molecule has 1 aromatic heterocycles. The molecular formula is C58H41NSSi. The van der Waals surface area contributed by atoms with Crippen LogP contribution in [0, 0.1) is 0 Å². The predicted octanol–water partition coefficient (Wildman–Crippen LogP) is 13.4. The van der Waals surface area contributed by atoms with Crippen molar-refractivity contribution in [2.45, 2.75) is 0 Å². The van der Waals surface area contributed by atoms with Gasteiger partial charge in [0.25, 0.3) is 0 Å². The zero-order valence-corrected chi connectivity index (χ0v) is 35.3. The van der Waals surface area contributed by atoms with E-state index < -0.39 is 8.07 Å². The summed E-state index contributed by atoms with van der Waals surface area (Å²) in [5, 5.41) is 10.5. The molecule has 0 aliphatic rings. The summed E-state index contributed by atoms with van der Waals surface area (Å²) in [6.45, 7) is 0. The molecule has 0 aliphatic heterocycles. The van der Waals surface area contributed by atoms with Gasteiger partial charge >= 0.3 is 0 Å². The molecule has 0 radical (unpaired) electrons. The molecular weight excluding hydrogens is 771 g/mol. The number of rotatable bonds is 9. The van der Waals surface area contributed by atoms with E-state index in [1.54, 1.807) is 0 Å². The van der Waals surface area contributed by atoms with Crippen LogP contribution in [0.5, 0.6) is 0 Å². The highest BCUT2D eigenvalue weighted by atomic mass is 32.1. The van der Waals surface area contributed by atoms with Crippen LogP contribution in [0.2, 0.25) is 0 Å². The number of hydrogen-bond donors (Lipinski definition) is 0. The fourth-order valence-corrected chi connectivity index (χ4v) is 15.4. The molecule has 3 heteroatoms. The summed E-state index contributed by atoms with van der Waals surface area (Å²) < 4.78 is 2.57. The van der Waals surface area contributed by atoms with Crippen LogP contribution in [0.3, 0.4) is 0 Å². The molecule has 11 aromatic rings. The molecule has 0 bridgehead atoms. The molecule has 61 heavy (non-hydrogen) atoms. The lowest BCUT2D eigenvalue weighted by Gasteiger charge is -2.35. The largest absolute Gasteiger partial charge is 0.309 e. The van der Waals surface area contributed by atoms with Crippen molar-refractivity contribution in [1.82, 2.24) is 0 Å². The summed E-state index contributed by atoms with van der Waals surface area (Å²) in [6, 6.07) is 92.0. The number of thiophene rings is 1. The average Bonchev–Trinajstić information content (AvgIpc) is 3.73. The van der Waals surface area contributed by atoms with Gasteiger partial charge in [-0.2, -0.15) is 0 Å². The van der Waals surface area contributed by atoms with Crippen LogP contribution in [0.25, 0.3) is 53.2 Å². The fourth-order valence-electron chi connectivity index (χ4n) is 9.42. The molecule has 10 aromatic carbocycles. The Morgan fingerprint density at radius 2 is 0.869 bits per heavy atom. The molecule has 288 valence electrons. The van der Waals surface area contributed by atoms with E-state index in [0.29, 0.717) is 0 Å². The first-order chi connectivity index (χ1) is 30.3. The van der Waals surface area contributed by atoms with Gasteiger partial charge in [-0.15, -0.1) is 11.3 Å². The average molecular weight is 812 g/mol. The lowest BCUT2D eigenvalue weighted by atomic mass is 9.93. The number of benzene rings is 10. The minimum Gasteiger partial charge on any atom is -0.309 e. The van der Waals surface area contributed by atoms with Gasteiger partial charge in [0.05, 0.1) is 10.4 Å². The van der Waals surface area contributed by atoms with Gasteiger partial charge in [-0.25, -0.2) is 0 Å². The van der Waals surface area contributed by atoms with E-state index in [4.69, 9.17) is 0 Å². The molecule has 0 atom stereocenters. The molecule has 1 nitrogen and oxygen atoms in total. The van der Waals surface area contributed by atoms with Crippen molar-refractivity contribution in [1.29, 1.82) is 0 Å². The van der Waals surface area contributed by atoms with E-state index in [1.807, 2.05) is 11.3 Å². The Morgan fingerprint density at radius 1 is 0.328 bits per heavy atom. The maximum absolute atomic E-state index is 2.79. The fraction of sp³-hybridized carbons (Fsp3) is 0. The van der Waals surface area contributed by atoms with Crippen molar-refractivity contribution in [3.05, 3.63) is 249 Å². The van der Waals surface area contributed by atoms with Gasteiger partial charge in [-0.1, -0.05) is 200 Å². The molecule has 0 fully saturated rings. The Labute approximate surface area is 362 Å². The third kappa shape index (κ3) is 6.47. The van der Waals surface area contributed by atoms with E-state index >= 15 is 0 Å². The third-order valence-electron chi connectivity index (χ3n) is 12.2. The Hall–Kier alpha value is -7.30. The van der Waals surface area contributed by atoms with Crippen LogP contribution in [0.4, 0.5) is 17.1 Å². The number of anilines is 3. The lowest BCUT2D eigenvalue weighted by molar-refractivity contribution is 1.30. The normalized spacial score (nSPS) is 11.6. The van der Waals surface area contributed by atoms with Gasteiger partial charge in [0.2, 0.25) is 0 Å². The maximum Gasteiger partial charge on any atom is 0.179 e. The minimum atomic E-state index is -2.79. The second kappa shape index (κ2) is 15.7. The Kier molecular flexibility index (Phi) is 9.46. The summed E-state index contributed by atoms with van der Waals surface area (Å²) in [5.41, 5.74) is 8.27. The highest BCUT2D eigenvalue weighted by molar-refractivity contribution is 7.26. The molecule has 0 saturated carbocycles. The van der Waals surface area contributed by atoms with Gasteiger partial charge in [0, 0.05) is 26.8 Å². The SMILES string of the molecule is c1ccc(-c2cc(-c3ccc(N(c4cccc([Si](c5ccccc5)(c5ccccc5)c5ccccc5)c4)c4cccc5c4sc4ccccc45)cc3)cc3ccccc23)cc1. The van der Waals surface area contributed by atoms with E-state index in [9.17, 15) is 0 Å². The van der Waals surface area contributed by atoms with Crippen molar-refractivity contribution in [3.63, 3.8) is 0 Å². The number of hydrogen-bond acceptors (Lipinski definition) is 2. The number of nitrogens with zero attached hydrogens (tertiary/aromatic N) is 1. The van der Waals surface area contributed by atoms with E-state index in [2.05, 4.69) is 254 Å². The van der Waals surface area contributed by atoms with Crippen molar-refractivity contribution in [2.24, 2.45) is 0 Å². The first-order valence-electron chi connectivity index (χ1n) is 20.9. The second-order valence-corrected chi connectivity index (χ2v) is 20.5. The predicted molar refractivity (Wildman–Crippen MR) is 266 cm³/mol. The quantitative estimate of drug-likeness (QED) is 0.104. The molecule has 0 N–H and O–H groups in total. The summed E-state index contributed by atoms with van der Waals surface area (Å²) in [6.07, 6.45) is 0. The van der Waals surface area contributed by atoms with Crippen LogP contribution in [-0.4, -0.2) is 8.07 Å². The number of fused-ring (bicyclic) bond motifs is 4. The van der Waals surface area contributed by atoms with Crippen molar-refractivity contribution < 1.29 is 0 Å². The van der Waals surface area contributed by atoms with E-state index in [0.717, 1.165) is 11.4 Å². The Morgan fingerprint density at radius 3 is 1.54 bits per heavy atom. The first kappa shape index (κ1) is 36.8. The van der Waals surface area contributed by atoms with Crippen LogP contribution in [0.15, 0.2) is 249 Å². The van der Waals surface area contributed by atoms with Crippen LogP contribution >= 0.6 is 11.3 Å². The molecule has 0 amide bonds. The molecule has 0 saturated heterocycles. The Bertz CT molecular complexity index is 3190. The first-order valence-corrected chi connectivity index (χ1v) is 23.7. The standard InChI is InChI=1S/C58H41NSSi/c1-5-19-43(20-6-1)55-40-45(39-44-21-13-14-30-52(44)55)42-35-37-46(38-36-42)59(56-33-18-32-54-53-31-15-16-34-57(53)60-58(54)56)47-22-17-29-51(41-47)61(48-23-7-2-8-24-48,49-25-9-3-10-26-49)50-27-11-4-12-28-50/h1-41H. The Balaban J connectivity index is 1.12. The molecule has 11 rings (SSSR count). The maximum atomic E-state index is 2.49. The summed E-state index contributed by atoms with van der Waals surface area (Å²) in [4.78, 5) is 2.49. The summed E-state index contributed by atoms with van der Waals surface area (Å²) in [5.74, 6) is 0. The molecule has 0 spiro atoms. The zero-order valence-electron chi connectivity index (χ0n) is 33.5. The molecule has 1 heterocycles. The third-order valence-corrected chi connectivity index (χ3v) is 18.2. The van der Waals surface area contributed by atoms with Crippen LogP contribution in [-0.2, 0) is 0 Å². The topological polar surface area (TPSA) is 3.24 Å². The smallest absolute Gasteiger partial charge is 0.179 e. The summed E-state index contributed by atoms with van der Waals surface area (Å²) >= 11 is 1.87. The van der Waals surface area contributed by atoms with Gasteiger partial charge in [0.1, 0.15) is 0 Å². The lowest BCUT2D eigenvalue weighted by Crippen LogP contribution is -2.74. The van der Waals surface area contributed by atoms with Crippen molar-refractivity contribution in [2.75, 3.05) is 4.90 Å². The van der Waals surface area contributed by atoms with Crippen LogP contribution in [0.1, 0.15) is 0 Å². The highest BCUT2D eigenvalue weighted by Crippen LogP contribution is 2.45. The van der Waals surface area contributed by atoms with Gasteiger partial charge < -0.3 is 4.90 Å². The van der Waals surface area contributed by atoms with Crippen molar-refractivity contribution >= 4 is 88.2 Å². The molecule has 0 aliphatic carbocycles. The zero-order chi connectivity index (χ0) is 40.6. The second-order valence-electron chi connectivity index (χ2n) is 15.6. The van der Waals surface area contributed by atoms with Crippen LogP contribution < -0.4 is 25.6 Å². The van der Waals surface area contributed by atoms with Crippen molar-refractivity contribution in [3.8, 4) is 22.3 Å². The highest BCUT2D eigenvalue weighted by Gasteiger charge is 2.41. The monoisotopic (exact) mass is 811 g/mol. The minimum absolute atomic E-state index is 1.11. The molecule has 0 unspecified atom stereocenters.